The lowest BCUT2D eigenvalue weighted by molar-refractivity contribution is -0.131. The molecular weight excluding hydrogens is 508 g/mol. The predicted octanol–water partition coefficient (Wildman–Crippen LogP) is 1.62. The number of halogens is 1. The number of nitrogens with one attached hydrogen (secondary N) is 2. The Morgan fingerprint density at radius 2 is 2.09 bits per heavy atom. The standard InChI is InChI=1S/C19H21BrN4O7S/c1-8-17(27)21-5-14(26)23-11(18-22-9(2)24-31-18)7-32-6-10-12(25)4-13(29-3)16(20)15(10)19(28)30-8/h4,8,11,25H,5-7H2,1-3H3,(H,21,27)(H,23,26)/t8-,11+/m1/s1. The van der Waals surface area contributed by atoms with E-state index in [0.717, 1.165) is 0 Å². The molecule has 1 aliphatic rings. The predicted molar refractivity (Wildman–Crippen MR) is 116 cm³/mol. The first-order chi connectivity index (χ1) is 15.2. The van der Waals surface area contributed by atoms with Crippen LogP contribution in [0.3, 0.4) is 0 Å². The molecule has 172 valence electrons. The van der Waals surface area contributed by atoms with Crippen molar-refractivity contribution >= 4 is 45.5 Å². The van der Waals surface area contributed by atoms with Crippen LogP contribution in [0.1, 0.15) is 40.6 Å². The number of esters is 1. The average Bonchev–Trinajstić information content (AvgIpc) is 3.18. The molecule has 0 radical (unpaired) electrons. The van der Waals surface area contributed by atoms with Crippen LogP contribution >= 0.6 is 27.7 Å². The number of hydrogen-bond donors (Lipinski definition) is 3. The molecule has 0 saturated carbocycles. The summed E-state index contributed by atoms with van der Waals surface area (Å²) in [4.78, 5) is 41.7. The Balaban J connectivity index is 1.99. The Bertz CT molecular complexity index is 1040. The van der Waals surface area contributed by atoms with Gasteiger partial charge in [0.25, 0.3) is 5.91 Å². The van der Waals surface area contributed by atoms with Crippen molar-refractivity contribution in [3.63, 3.8) is 0 Å². The molecule has 0 unspecified atom stereocenters. The molecular formula is C19H21BrN4O7S. The van der Waals surface area contributed by atoms with Gasteiger partial charge in [0.1, 0.15) is 17.5 Å². The molecule has 0 fully saturated rings. The summed E-state index contributed by atoms with van der Waals surface area (Å²) in [6, 6.07) is 0.724. The summed E-state index contributed by atoms with van der Waals surface area (Å²) in [6.07, 6.45) is -1.19. The zero-order valence-electron chi connectivity index (χ0n) is 17.4. The number of aromatic nitrogens is 2. The number of fused-ring (bicyclic) bond motifs is 1. The summed E-state index contributed by atoms with van der Waals surface area (Å²) in [5.41, 5.74) is 0.324. The number of nitrogens with zero attached hydrogens (tertiary/aromatic N) is 2. The fourth-order valence-corrected chi connectivity index (χ4v) is 4.66. The van der Waals surface area contributed by atoms with Crippen molar-refractivity contribution in [2.24, 2.45) is 0 Å². The van der Waals surface area contributed by atoms with E-state index in [1.165, 1.54) is 31.9 Å². The largest absolute Gasteiger partial charge is 0.507 e. The Hall–Kier alpha value is -2.80. The minimum Gasteiger partial charge on any atom is -0.507 e. The maximum atomic E-state index is 12.9. The summed E-state index contributed by atoms with van der Waals surface area (Å²) in [5, 5.41) is 19.5. The van der Waals surface area contributed by atoms with Gasteiger partial charge in [0, 0.05) is 23.1 Å². The molecule has 0 bridgehead atoms. The highest BCUT2D eigenvalue weighted by Gasteiger charge is 2.29. The van der Waals surface area contributed by atoms with Gasteiger partial charge in [-0.15, -0.1) is 0 Å². The van der Waals surface area contributed by atoms with Gasteiger partial charge in [0.2, 0.25) is 11.8 Å². The number of aromatic hydroxyl groups is 1. The molecule has 1 aromatic carbocycles. The van der Waals surface area contributed by atoms with E-state index in [4.69, 9.17) is 14.0 Å². The first-order valence-electron chi connectivity index (χ1n) is 9.45. The summed E-state index contributed by atoms with van der Waals surface area (Å²) in [5.74, 6) is -0.835. The second-order valence-electron chi connectivity index (χ2n) is 6.85. The van der Waals surface area contributed by atoms with Crippen molar-refractivity contribution < 1.29 is 33.5 Å². The van der Waals surface area contributed by atoms with Crippen molar-refractivity contribution in [1.82, 2.24) is 20.8 Å². The molecule has 2 heterocycles. The number of methoxy groups -OCH3 is 1. The number of cyclic esters (lactones) is 1. The zero-order valence-corrected chi connectivity index (χ0v) is 19.8. The maximum Gasteiger partial charge on any atom is 0.340 e. The molecule has 3 N–H and O–H groups in total. The molecule has 0 spiro atoms. The monoisotopic (exact) mass is 528 g/mol. The van der Waals surface area contributed by atoms with Crippen LogP contribution in [0.5, 0.6) is 11.5 Å². The van der Waals surface area contributed by atoms with Crippen molar-refractivity contribution in [2.75, 3.05) is 19.4 Å². The normalized spacial score (nSPS) is 20.4. The van der Waals surface area contributed by atoms with E-state index in [9.17, 15) is 19.5 Å². The van der Waals surface area contributed by atoms with E-state index in [-0.39, 0.29) is 51.0 Å². The number of carbonyl (C=O) groups is 3. The molecule has 1 aromatic heterocycles. The van der Waals surface area contributed by atoms with Crippen LogP contribution in [-0.4, -0.2) is 58.5 Å². The van der Waals surface area contributed by atoms with E-state index in [1.54, 1.807) is 6.92 Å². The van der Waals surface area contributed by atoms with Crippen molar-refractivity contribution in [2.45, 2.75) is 31.7 Å². The van der Waals surface area contributed by atoms with Gasteiger partial charge in [0.05, 0.1) is 23.7 Å². The fourth-order valence-electron chi connectivity index (χ4n) is 2.90. The Kier molecular flexibility index (Phi) is 7.61. The molecule has 13 heteroatoms. The Morgan fingerprint density at radius 3 is 2.75 bits per heavy atom. The summed E-state index contributed by atoms with van der Waals surface area (Å²) < 4.78 is 16.0. The summed E-state index contributed by atoms with van der Waals surface area (Å²) >= 11 is 4.64. The van der Waals surface area contributed by atoms with Gasteiger partial charge in [-0.3, -0.25) is 9.59 Å². The zero-order chi connectivity index (χ0) is 23.4. The van der Waals surface area contributed by atoms with Gasteiger partial charge >= 0.3 is 5.97 Å². The number of rotatable bonds is 2. The third-order valence-electron chi connectivity index (χ3n) is 4.52. The van der Waals surface area contributed by atoms with Gasteiger partial charge < -0.3 is 29.7 Å². The van der Waals surface area contributed by atoms with Crippen LogP contribution in [0.2, 0.25) is 0 Å². The summed E-state index contributed by atoms with van der Waals surface area (Å²) in [6.45, 7) is 2.70. The van der Waals surface area contributed by atoms with E-state index in [0.29, 0.717) is 5.82 Å². The van der Waals surface area contributed by atoms with E-state index in [1.807, 2.05) is 0 Å². The number of ether oxygens (including phenoxy) is 2. The molecule has 0 aliphatic carbocycles. The van der Waals surface area contributed by atoms with E-state index >= 15 is 0 Å². The van der Waals surface area contributed by atoms with Crippen molar-refractivity contribution in [3.05, 3.63) is 33.4 Å². The van der Waals surface area contributed by atoms with Crippen molar-refractivity contribution in [3.8, 4) is 11.5 Å². The molecule has 2 aromatic rings. The molecule has 1 aliphatic heterocycles. The number of aryl methyl sites for hydroxylation is 1. The number of phenols is 1. The molecule has 3 rings (SSSR count). The quantitative estimate of drug-likeness (QED) is 0.489. The van der Waals surface area contributed by atoms with Crippen LogP contribution < -0.4 is 15.4 Å². The van der Waals surface area contributed by atoms with Gasteiger partial charge in [-0.05, 0) is 29.8 Å². The minimum absolute atomic E-state index is 0.0419. The maximum absolute atomic E-state index is 12.9. The Morgan fingerprint density at radius 1 is 1.34 bits per heavy atom. The lowest BCUT2D eigenvalue weighted by Crippen LogP contribution is -2.43. The number of thioether (sulfide) groups is 1. The first-order valence-corrected chi connectivity index (χ1v) is 11.4. The average molecular weight is 529 g/mol. The SMILES string of the molecule is COc1cc(O)c2c(c1Br)C(=O)O[C@H](C)C(=O)NCC(=O)N[C@H](c1nc(C)no1)CSC2. The second-order valence-corrected chi connectivity index (χ2v) is 8.67. The molecule has 2 atom stereocenters. The fraction of sp³-hybridized carbons (Fsp3) is 0.421. The van der Waals surface area contributed by atoms with Gasteiger partial charge in [0.15, 0.2) is 11.9 Å². The highest BCUT2D eigenvalue weighted by atomic mass is 79.9. The minimum atomic E-state index is -1.19. The smallest absolute Gasteiger partial charge is 0.340 e. The Labute approximate surface area is 195 Å². The van der Waals surface area contributed by atoms with E-state index < -0.39 is 29.9 Å². The van der Waals surface area contributed by atoms with Crippen LogP contribution in [0.15, 0.2) is 15.1 Å². The van der Waals surface area contributed by atoms with Crippen LogP contribution in [0.25, 0.3) is 0 Å². The van der Waals surface area contributed by atoms with Crippen LogP contribution in [0.4, 0.5) is 0 Å². The topological polar surface area (TPSA) is 153 Å². The molecule has 11 nitrogen and oxygen atoms in total. The van der Waals surface area contributed by atoms with Gasteiger partial charge in [-0.25, -0.2) is 4.79 Å². The van der Waals surface area contributed by atoms with Crippen LogP contribution in [-0.2, 0) is 20.1 Å². The number of amides is 2. The lowest BCUT2D eigenvalue weighted by atomic mass is 10.1. The van der Waals surface area contributed by atoms with E-state index in [2.05, 4.69) is 36.7 Å². The number of carbonyl (C=O) groups excluding carboxylic acids is 3. The molecule has 2 amide bonds. The lowest BCUT2D eigenvalue weighted by Gasteiger charge is -2.20. The molecule has 32 heavy (non-hydrogen) atoms. The number of benzene rings is 1. The molecule has 0 saturated heterocycles. The summed E-state index contributed by atoms with van der Waals surface area (Å²) in [7, 11) is 1.39. The first kappa shape index (κ1) is 23.9. The highest BCUT2D eigenvalue weighted by Crippen LogP contribution is 2.39. The third kappa shape index (κ3) is 5.33. The number of phenolic OH excluding ortho intramolecular Hbond substituents is 1. The van der Waals surface area contributed by atoms with Crippen molar-refractivity contribution in [1.29, 1.82) is 0 Å². The van der Waals surface area contributed by atoms with Crippen LogP contribution in [0, 0.1) is 6.92 Å². The second kappa shape index (κ2) is 10.2. The van der Waals surface area contributed by atoms with Gasteiger partial charge in [-0.2, -0.15) is 16.7 Å². The van der Waals surface area contributed by atoms with Gasteiger partial charge in [-0.1, -0.05) is 5.16 Å². The number of hydrogen-bond acceptors (Lipinski definition) is 10. The highest BCUT2D eigenvalue weighted by molar-refractivity contribution is 9.10. The third-order valence-corrected chi connectivity index (χ3v) is 6.37.